The minimum absolute atomic E-state index is 0.00687. The van der Waals surface area contributed by atoms with Crippen LogP contribution in [0.25, 0.3) is 11.2 Å². The minimum Gasteiger partial charge on any atom is -0.373 e. The second-order valence-electron chi connectivity index (χ2n) is 7.60. The molecule has 10 nitrogen and oxygen atoms in total. The SMILES string of the molecule is Cc1nc2nc(N)n(Cc3nc([C@@H]4CO[C@@H](c5ccc(Cl)cc5)C4)no3)c(=O)c2n1C. The molecular weight excluding hydrogens is 422 g/mol. The Morgan fingerprint density at radius 1 is 1.23 bits per heavy atom. The molecule has 1 saturated heterocycles. The van der Waals surface area contributed by atoms with Crippen LogP contribution in [0, 0.1) is 6.92 Å². The van der Waals surface area contributed by atoms with Crippen LogP contribution in [-0.4, -0.2) is 35.8 Å². The number of benzene rings is 1. The summed E-state index contributed by atoms with van der Waals surface area (Å²) in [5.74, 6) is 1.53. The number of nitrogen functional groups attached to an aromatic ring is 1. The van der Waals surface area contributed by atoms with E-state index in [9.17, 15) is 4.79 Å². The second kappa shape index (κ2) is 7.47. The molecule has 2 atom stereocenters. The van der Waals surface area contributed by atoms with Gasteiger partial charge < -0.3 is 19.6 Å². The van der Waals surface area contributed by atoms with Gasteiger partial charge in [-0.15, -0.1) is 0 Å². The number of aromatic nitrogens is 6. The molecule has 1 fully saturated rings. The molecule has 1 aliphatic rings. The molecule has 0 radical (unpaired) electrons. The van der Waals surface area contributed by atoms with Crippen LogP contribution in [0.5, 0.6) is 0 Å². The largest absolute Gasteiger partial charge is 0.373 e. The van der Waals surface area contributed by atoms with Crippen LogP contribution in [0.3, 0.4) is 0 Å². The first kappa shape index (κ1) is 19.7. The van der Waals surface area contributed by atoms with E-state index in [1.165, 1.54) is 4.57 Å². The number of fused-ring (bicyclic) bond motifs is 1. The molecule has 3 aromatic heterocycles. The standard InChI is InChI=1S/C20H20ClN7O3/c1-10-23-18-16(27(10)2)19(29)28(20(22)25-18)8-15-24-17(26-31-15)12-7-14(30-9-12)11-3-5-13(21)6-4-11/h3-6,12,14H,7-9H2,1-2H3,(H2,22,25)/t12-,14+/m0/s1. The van der Waals surface area contributed by atoms with E-state index in [2.05, 4.69) is 20.1 Å². The van der Waals surface area contributed by atoms with E-state index in [1.807, 2.05) is 24.3 Å². The maximum Gasteiger partial charge on any atom is 0.281 e. The maximum atomic E-state index is 12.9. The molecular formula is C20H20ClN7O3. The van der Waals surface area contributed by atoms with Gasteiger partial charge in [0.15, 0.2) is 17.0 Å². The molecule has 4 aromatic rings. The van der Waals surface area contributed by atoms with Gasteiger partial charge in [-0.05, 0) is 31.0 Å². The average Bonchev–Trinajstić information content (AvgIpc) is 3.46. The van der Waals surface area contributed by atoms with Gasteiger partial charge in [-0.2, -0.15) is 9.97 Å². The van der Waals surface area contributed by atoms with E-state index in [4.69, 9.17) is 26.6 Å². The van der Waals surface area contributed by atoms with E-state index < -0.39 is 0 Å². The monoisotopic (exact) mass is 441 g/mol. The molecule has 0 unspecified atom stereocenters. The lowest BCUT2D eigenvalue weighted by molar-refractivity contribution is 0.110. The van der Waals surface area contributed by atoms with Crippen LogP contribution in [-0.2, 0) is 18.3 Å². The van der Waals surface area contributed by atoms with Gasteiger partial charge in [0, 0.05) is 18.0 Å². The highest BCUT2D eigenvalue weighted by molar-refractivity contribution is 6.30. The van der Waals surface area contributed by atoms with E-state index in [1.54, 1.807) is 18.5 Å². The normalized spacial score (nSPS) is 18.8. The molecule has 1 aliphatic heterocycles. The van der Waals surface area contributed by atoms with Crippen molar-refractivity contribution in [2.75, 3.05) is 12.3 Å². The first-order chi connectivity index (χ1) is 14.9. The lowest BCUT2D eigenvalue weighted by Crippen LogP contribution is -2.26. The maximum absolute atomic E-state index is 12.9. The average molecular weight is 442 g/mol. The zero-order valence-electron chi connectivity index (χ0n) is 16.9. The van der Waals surface area contributed by atoms with Crippen molar-refractivity contribution in [3.63, 3.8) is 0 Å². The van der Waals surface area contributed by atoms with Gasteiger partial charge in [-0.3, -0.25) is 9.36 Å². The Bertz CT molecular complexity index is 1330. The summed E-state index contributed by atoms with van der Waals surface area (Å²) in [6.45, 7) is 2.31. The summed E-state index contributed by atoms with van der Waals surface area (Å²) < 4.78 is 14.3. The number of hydrogen-bond donors (Lipinski definition) is 1. The summed E-state index contributed by atoms with van der Waals surface area (Å²) in [6.07, 6.45) is 0.673. The van der Waals surface area contributed by atoms with Gasteiger partial charge in [0.25, 0.3) is 5.56 Å². The zero-order chi connectivity index (χ0) is 21.7. The Hall–Kier alpha value is -3.24. The third-order valence-electron chi connectivity index (χ3n) is 5.63. The summed E-state index contributed by atoms with van der Waals surface area (Å²) in [5.41, 5.74) is 7.45. The summed E-state index contributed by atoms with van der Waals surface area (Å²) in [4.78, 5) is 25.9. The smallest absolute Gasteiger partial charge is 0.281 e. The molecule has 0 bridgehead atoms. The summed E-state index contributed by atoms with van der Waals surface area (Å²) in [5, 5.41) is 4.78. The van der Waals surface area contributed by atoms with Crippen molar-refractivity contribution >= 4 is 28.7 Å². The number of nitrogens with two attached hydrogens (primary N) is 1. The topological polar surface area (TPSA) is 127 Å². The van der Waals surface area contributed by atoms with Crippen molar-refractivity contribution < 1.29 is 9.26 Å². The van der Waals surface area contributed by atoms with E-state index >= 15 is 0 Å². The number of imidazole rings is 1. The molecule has 0 amide bonds. The van der Waals surface area contributed by atoms with E-state index in [-0.39, 0.29) is 36.0 Å². The number of aryl methyl sites for hydroxylation is 2. The lowest BCUT2D eigenvalue weighted by Gasteiger charge is -2.09. The van der Waals surface area contributed by atoms with Gasteiger partial charge in [0.05, 0.1) is 12.7 Å². The highest BCUT2D eigenvalue weighted by Gasteiger charge is 2.31. The van der Waals surface area contributed by atoms with E-state index in [0.717, 1.165) is 12.0 Å². The molecule has 160 valence electrons. The van der Waals surface area contributed by atoms with Gasteiger partial charge >= 0.3 is 0 Å². The number of nitrogens with zero attached hydrogens (tertiary/aromatic N) is 6. The van der Waals surface area contributed by atoms with Crippen LogP contribution < -0.4 is 11.3 Å². The molecule has 2 N–H and O–H groups in total. The fraction of sp³-hybridized carbons (Fsp3) is 0.350. The first-order valence-electron chi connectivity index (χ1n) is 9.79. The summed E-state index contributed by atoms with van der Waals surface area (Å²) >= 11 is 5.96. The van der Waals surface area contributed by atoms with Crippen LogP contribution >= 0.6 is 11.6 Å². The molecule has 5 rings (SSSR count). The van der Waals surface area contributed by atoms with Crippen molar-refractivity contribution in [3.05, 3.63) is 62.7 Å². The van der Waals surface area contributed by atoms with Gasteiger partial charge in [-0.1, -0.05) is 28.9 Å². The van der Waals surface area contributed by atoms with Crippen molar-refractivity contribution in [3.8, 4) is 0 Å². The Balaban J connectivity index is 1.37. The second-order valence-corrected chi connectivity index (χ2v) is 8.04. The molecule has 11 heteroatoms. The quantitative estimate of drug-likeness (QED) is 0.511. The van der Waals surface area contributed by atoms with Gasteiger partial charge in [-0.25, -0.2) is 4.98 Å². The molecule has 31 heavy (non-hydrogen) atoms. The first-order valence-corrected chi connectivity index (χ1v) is 10.2. The number of halogens is 1. The fourth-order valence-corrected chi connectivity index (χ4v) is 3.94. The van der Waals surface area contributed by atoms with Crippen LogP contribution in [0.1, 0.15) is 41.5 Å². The zero-order valence-corrected chi connectivity index (χ0v) is 17.7. The third kappa shape index (κ3) is 3.47. The van der Waals surface area contributed by atoms with Crippen molar-refractivity contribution in [2.45, 2.75) is 31.9 Å². The molecule has 0 spiro atoms. The van der Waals surface area contributed by atoms with Crippen molar-refractivity contribution in [2.24, 2.45) is 7.05 Å². The number of anilines is 1. The molecule has 1 aromatic carbocycles. The highest BCUT2D eigenvalue weighted by Crippen LogP contribution is 2.37. The molecule has 0 saturated carbocycles. The number of ether oxygens (including phenoxy) is 1. The van der Waals surface area contributed by atoms with Crippen LogP contribution in [0.15, 0.2) is 33.6 Å². The Kier molecular flexibility index (Phi) is 4.75. The van der Waals surface area contributed by atoms with Crippen molar-refractivity contribution in [1.29, 1.82) is 0 Å². The number of rotatable bonds is 4. The fourth-order valence-electron chi connectivity index (χ4n) is 3.81. The highest BCUT2D eigenvalue weighted by atomic mass is 35.5. The predicted molar refractivity (Wildman–Crippen MR) is 113 cm³/mol. The van der Waals surface area contributed by atoms with Gasteiger partial charge in [0.1, 0.15) is 12.4 Å². The Labute approximate surface area is 181 Å². The predicted octanol–water partition coefficient (Wildman–Crippen LogP) is 2.35. The van der Waals surface area contributed by atoms with E-state index in [0.29, 0.717) is 34.4 Å². The van der Waals surface area contributed by atoms with Crippen LogP contribution in [0.4, 0.5) is 5.95 Å². The number of hydrogen-bond acceptors (Lipinski definition) is 8. The van der Waals surface area contributed by atoms with Crippen molar-refractivity contribution in [1.82, 2.24) is 29.2 Å². The Morgan fingerprint density at radius 3 is 2.77 bits per heavy atom. The summed E-state index contributed by atoms with van der Waals surface area (Å²) in [6, 6.07) is 7.60. The minimum atomic E-state index is -0.308. The molecule has 4 heterocycles. The third-order valence-corrected chi connectivity index (χ3v) is 5.88. The lowest BCUT2D eigenvalue weighted by atomic mass is 10.0. The Morgan fingerprint density at radius 2 is 2.00 bits per heavy atom. The van der Waals surface area contributed by atoms with Gasteiger partial charge in [0.2, 0.25) is 11.8 Å². The summed E-state index contributed by atoms with van der Waals surface area (Å²) in [7, 11) is 1.76. The molecule has 0 aliphatic carbocycles. The van der Waals surface area contributed by atoms with Crippen LogP contribution in [0.2, 0.25) is 5.02 Å².